The maximum Gasteiger partial charge on any atom is 0.268 e. The minimum absolute atomic E-state index is 0.0623. The smallest absolute Gasteiger partial charge is 0.268 e. The number of aryl methyl sites for hydroxylation is 1. The predicted molar refractivity (Wildman–Crippen MR) is 296 cm³/mol. The number of likely N-dealkylation sites (tertiary alicyclic amines) is 2. The highest BCUT2D eigenvalue weighted by molar-refractivity contribution is 6.35. The SMILES string of the molecule is C=CC(=O)N1CC(CN2C(=O)[C@@H](CCN(C)C)Oc3cc(-c4cc(C)cc5ccccc45)c(Cl)cc32)C1.C=CC(=O)N1CC(CN2C(=O)[C@@H](CCN(C)C)Oc3cc(-c4cc(O)cc5ccccc45)c(Cl)cc32)C1. The van der Waals surface area contributed by atoms with Gasteiger partial charge in [-0.1, -0.05) is 97.0 Å². The predicted octanol–water partition coefficient (Wildman–Crippen LogP) is 9.71. The third-order valence-corrected chi connectivity index (χ3v) is 14.8. The minimum atomic E-state index is -0.629. The lowest BCUT2D eigenvalue weighted by Crippen LogP contribution is -2.56. The van der Waals surface area contributed by atoms with Crippen LogP contribution >= 0.6 is 23.2 Å². The first-order valence-electron chi connectivity index (χ1n) is 25.0. The van der Waals surface area contributed by atoms with Crippen LogP contribution in [0.2, 0.25) is 10.0 Å². The van der Waals surface area contributed by atoms with Crippen molar-refractivity contribution in [2.24, 2.45) is 11.8 Å². The molecule has 0 bridgehead atoms. The number of benzene rings is 6. The number of ether oxygens (including phenoxy) is 2. The third-order valence-electron chi connectivity index (χ3n) is 14.2. The lowest BCUT2D eigenvalue weighted by Gasteiger charge is -2.43. The second kappa shape index (κ2) is 21.9. The Morgan fingerprint density at radius 1 is 0.622 bits per heavy atom. The largest absolute Gasteiger partial charge is 0.508 e. The van der Waals surface area contributed by atoms with Crippen LogP contribution in [0.4, 0.5) is 11.4 Å². The Hall–Kier alpha value is -6.90. The molecule has 2 saturated heterocycles. The normalized spacial score (nSPS) is 17.5. The van der Waals surface area contributed by atoms with Crippen LogP contribution in [-0.4, -0.2) is 141 Å². The van der Waals surface area contributed by atoms with Crippen molar-refractivity contribution in [2.75, 3.05) is 90.3 Å². The number of phenols is 1. The zero-order valence-corrected chi connectivity index (χ0v) is 44.0. The standard InChI is InChI=1S/C30H32ClN3O3.C29H30ClN3O4/c1-5-29(35)33-16-20(17-33)18-34-26-15-25(31)24(14-28(26)37-27(30(34)36)10-11-32(3)4)23-13-19(2)12-21-8-6-7-9-22(21)23;1-4-28(35)32-15-18(16-32)17-33-25-14-24(30)23(13-27(25)37-26(29(33)36)9-10-31(2)3)22-12-20(34)11-19-7-5-6-8-21(19)22/h5-9,12-15,20,27H,1,10-11,16-18H2,2-4H3;4-8,11-14,18,26,34H,1,9-10,15-17H2,2-3H3/t27-;26-/m11/s1. The van der Waals surface area contributed by atoms with E-state index in [0.29, 0.717) is 91.6 Å². The van der Waals surface area contributed by atoms with Gasteiger partial charge in [-0.05, 0) is 122 Å². The molecule has 0 unspecified atom stereocenters. The fraction of sp³-hybridized carbons (Fsp3) is 0.322. The molecular formula is C59H62Cl2N6O7. The number of phenolic OH excluding ortho intramolecular Hbond substituents is 1. The van der Waals surface area contributed by atoms with E-state index in [1.54, 1.807) is 32.9 Å². The third kappa shape index (κ3) is 10.8. The molecule has 1 N–H and O–H groups in total. The van der Waals surface area contributed by atoms with Crippen LogP contribution in [0.15, 0.2) is 122 Å². The van der Waals surface area contributed by atoms with Gasteiger partial charge in [-0.25, -0.2) is 0 Å². The summed E-state index contributed by atoms with van der Waals surface area (Å²) in [5, 5.41) is 15.5. The first-order chi connectivity index (χ1) is 35.5. The lowest BCUT2D eigenvalue weighted by atomic mass is 9.94. The van der Waals surface area contributed by atoms with E-state index in [1.165, 1.54) is 12.2 Å². The molecule has 0 spiro atoms. The van der Waals surface area contributed by atoms with Crippen molar-refractivity contribution in [3.63, 3.8) is 0 Å². The molecule has 2 atom stereocenters. The Bertz CT molecular complexity index is 2970. The average Bonchev–Trinajstić information content (AvgIpc) is 3.35. The second-order valence-corrected chi connectivity index (χ2v) is 21.1. The molecule has 2 fully saturated rings. The summed E-state index contributed by atoms with van der Waals surface area (Å²) in [4.78, 5) is 62.0. The zero-order valence-electron chi connectivity index (χ0n) is 42.5. The van der Waals surface area contributed by atoms with E-state index in [9.17, 15) is 24.3 Å². The number of hydrogen-bond donors (Lipinski definition) is 1. The van der Waals surface area contributed by atoms with Crippen molar-refractivity contribution in [2.45, 2.75) is 32.0 Å². The molecule has 4 aliphatic rings. The Morgan fingerprint density at radius 3 is 1.47 bits per heavy atom. The molecule has 0 aliphatic carbocycles. The first-order valence-corrected chi connectivity index (χ1v) is 25.7. The number of carbonyl (C=O) groups is 4. The molecule has 0 aromatic heterocycles. The van der Waals surface area contributed by atoms with Crippen LogP contribution in [0, 0.1) is 18.8 Å². The van der Waals surface area contributed by atoms with Crippen LogP contribution in [-0.2, 0) is 19.2 Å². The topological polar surface area (TPSA) is 126 Å². The van der Waals surface area contributed by atoms with Gasteiger partial charge >= 0.3 is 0 Å². The van der Waals surface area contributed by atoms with Crippen molar-refractivity contribution >= 4 is 79.8 Å². The van der Waals surface area contributed by atoms with Crippen LogP contribution in [0.25, 0.3) is 43.8 Å². The summed E-state index contributed by atoms with van der Waals surface area (Å²) >= 11 is 13.7. The molecule has 15 heteroatoms. The molecule has 384 valence electrons. The Morgan fingerprint density at radius 2 is 1.04 bits per heavy atom. The maximum absolute atomic E-state index is 13.6. The molecule has 4 heterocycles. The van der Waals surface area contributed by atoms with Crippen molar-refractivity contribution in [1.82, 2.24) is 19.6 Å². The molecule has 4 amide bonds. The number of amides is 4. The fourth-order valence-electron chi connectivity index (χ4n) is 10.3. The van der Waals surface area contributed by atoms with Gasteiger partial charge in [0.05, 0.1) is 21.4 Å². The summed E-state index contributed by atoms with van der Waals surface area (Å²) in [6.45, 7) is 14.0. The summed E-state index contributed by atoms with van der Waals surface area (Å²) in [7, 11) is 7.89. The van der Waals surface area contributed by atoms with E-state index < -0.39 is 12.2 Å². The number of nitrogens with zero attached hydrogens (tertiary/aromatic N) is 6. The molecule has 4 aliphatic heterocycles. The highest BCUT2D eigenvalue weighted by Gasteiger charge is 2.41. The fourth-order valence-corrected chi connectivity index (χ4v) is 10.8. The van der Waals surface area contributed by atoms with Gasteiger partial charge in [0, 0.05) is 88.2 Å². The van der Waals surface area contributed by atoms with Gasteiger partial charge in [0.25, 0.3) is 11.8 Å². The van der Waals surface area contributed by atoms with Crippen molar-refractivity contribution in [3.05, 3.63) is 138 Å². The number of fused-ring (bicyclic) bond motifs is 4. The number of halogens is 2. The number of carbonyl (C=O) groups excluding carboxylic acids is 4. The number of hydrogen-bond acceptors (Lipinski definition) is 9. The average molecular weight is 1040 g/mol. The molecule has 10 rings (SSSR count). The van der Waals surface area contributed by atoms with Crippen LogP contribution in [0.1, 0.15) is 18.4 Å². The van der Waals surface area contributed by atoms with Crippen molar-refractivity contribution in [3.8, 4) is 39.5 Å². The van der Waals surface area contributed by atoms with Gasteiger partial charge in [-0.15, -0.1) is 0 Å². The zero-order chi connectivity index (χ0) is 52.5. The Labute approximate surface area is 442 Å². The van der Waals surface area contributed by atoms with Crippen LogP contribution < -0.4 is 19.3 Å². The molecule has 74 heavy (non-hydrogen) atoms. The molecule has 13 nitrogen and oxygen atoms in total. The van der Waals surface area contributed by atoms with E-state index in [-0.39, 0.29) is 41.2 Å². The van der Waals surface area contributed by atoms with Gasteiger partial charge in [0.1, 0.15) is 17.2 Å². The van der Waals surface area contributed by atoms with E-state index >= 15 is 0 Å². The lowest BCUT2D eigenvalue weighted by molar-refractivity contribution is -0.133. The summed E-state index contributed by atoms with van der Waals surface area (Å²) in [5.74, 6) is 1.39. The van der Waals surface area contributed by atoms with Gasteiger partial charge in [0.2, 0.25) is 11.8 Å². The van der Waals surface area contributed by atoms with Crippen LogP contribution in [0.3, 0.4) is 0 Å². The summed E-state index contributed by atoms with van der Waals surface area (Å²) in [6.07, 6.45) is 2.56. The van der Waals surface area contributed by atoms with E-state index in [0.717, 1.165) is 55.9 Å². The van der Waals surface area contributed by atoms with E-state index in [1.807, 2.05) is 97.5 Å². The monoisotopic (exact) mass is 1040 g/mol. The summed E-state index contributed by atoms with van der Waals surface area (Å²) in [6, 6.07) is 31.3. The molecule has 6 aromatic rings. The van der Waals surface area contributed by atoms with E-state index in [4.69, 9.17) is 32.7 Å². The number of rotatable bonds is 14. The van der Waals surface area contributed by atoms with Gasteiger partial charge in [-0.3, -0.25) is 19.2 Å². The quantitative estimate of drug-likeness (QED) is 0.106. The highest BCUT2D eigenvalue weighted by Crippen LogP contribution is 2.47. The molecule has 0 radical (unpaired) electrons. The van der Waals surface area contributed by atoms with Crippen molar-refractivity contribution in [1.29, 1.82) is 0 Å². The highest BCUT2D eigenvalue weighted by atomic mass is 35.5. The van der Waals surface area contributed by atoms with E-state index in [2.05, 4.69) is 44.3 Å². The Balaban J connectivity index is 0.000000182. The maximum atomic E-state index is 13.6. The molecule has 0 saturated carbocycles. The molecule has 6 aromatic carbocycles. The number of aromatic hydroxyl groups is 1. The Kier molecular flexibility index (Phi) is 15.4. The van der Waals surface area contributed by atoms with Gasteiger partial charge in [0.15, 0.2) is 12.2 Å². The summed E-state index contributed by atoms with van der Waals surface area (Å²) < 4.78 is 12.6. The summed E-state index contributed by atoms with van der Waals surface area (Å²) in [5.41, 5.74) is 5.89. The van der Waals surface area contributed by atoms with Crippen LogP contribution in [0.5, 0.6) is 17.2 Å². The van der Waals surface area contributed by atoms with Gasteiger partial charge in [-0.2, -0.15) is 0 Å². The van der Waals surface area contributed by atoms with Crippen molar-refractivity contribution < 1.29 is 33.8 Å². The first kappa shape index (κ1) is 52.0. The second-order valence-electron chi connectivity index (χ2n) is 20.3. The minimum Gasteiger partial charge on any atom is -0.508 e. The molecular weight excluding hydrogens is 976 g/mol. The van der Waals surface area contributed by atoms with Gasteiger partial charge < -0.3 is 44.0 Å². The number of anilines is 2.